The molecule has 0 aromatic heterocycles. The SMILES string of the molecule is CCOC(=O)C1=NO[Te]2=C1C=NO2. The van der Waals surface area contributed by atoms with E-state index in [-0.39, 0.29) is 5.71 Å². The van der Waals surface area contributed by atoms with Crippen LogP contribution in [-0.2, 0) is 15.9 Å². The number of hydrogen-bond acceptors (Lipinski definition) is 6. The Balaban J connectivity index is 2.17. The number of carbonyl (C=O) groups excluding carboxylic acids is 1. The monoisotopic (exact) mass is 300 g/mol. The van der Waals surface area contributed by atoms with Crippen LogP contribution in [0.1, 0.15) is 6.92 Å². The van der Waals surface area contributed by atoms with Crippen molar-refractivity contribution in [3.63, 3.8) is 0 Å². The van der Waals surface area contributed by atoms with Gasteiger partial charge in [0.1, 0.15) is 0 Å². The van der Waals surface area contributed by atoms with Gasteiger partial charge in [0.15, 0.2) is 0 Å². The summed E-state index contributed by atoms with van der Waals surface area (Å²) in [6, 6.07) is 0. The van der Waals surface area contributed by atoms with Crippen molar-refractivity contribution in [2.45, 2.75) is 6.92 Å². The van der Waals surface area contributed by atoms with E-state index in [2.05, 4.69) is 10.3 Å². The molecular formula is C6H6N2O4Te. The molecule has 0 atom stereocenters. The van der Waals surface area contributed by atoms with Gasteiger partial charge in [-0.2, -0.15) is 0 Å². The van der Waals surface area contributed by atoms with Crippen LogP contribution in [0.3, 0.4) is 0 Å². The Morgan fingerprint density at radius 2 is 2.54 bits per heavy atom. The van der Waals surface area contributed by atoms with Gasteiger partial charge < -0.3 is 0 Å². The van der Waals surface area contributed by atoms with E-state index in [0.29, 0.717) is 10.2 Å². The molecular weight excluding hydrogens is 292 g/mol. The molecule has 6 nitrogen and oxygen atoms in total. The van der Waals surface area contributed by atoms with Crippen LogP contribution in [0, 0.1) is 0 Å². The number of rotatable bonds is 2. The van der Waals surface area contributed by atoms with Gasteiger partial charge in [-0.3, -0.25) is 0 Å². The maximum absolute atomic E-state index is 11.2. The first-order valence-corrected chi connectivity index (χ1v) is 6.65. The molecule has 2 rings (SSSR count). The Labute approximate surface area is 81.3 Å². The van der Waals surface area contributed by atoms with Gasteiger partial charge in [-0.25, -0.2) is 0 Å². The Morgan fingerprint density at radius 1 is 1.69 bits per heavy atom. The quantitative estimate of drug-likeness (QED) is 0.494. The molecule has 7 heteroatoms. The summed E-state index contributed by atoms with van der Waals surface area (Å²) >= 11 is -2.29. The van der Waals surface area contributed by atoms with Crippen LogP contribution in [0.15, 0.2) is 10.3 Å². The molecule has 13 heavy (non-hydrogen) atoms. The second-order valence-electron chi connectivity index (χ2n) is 2.14. The van der Waals surface area contributed by atoms with E-state index in [0.717, 1.165) is 0 Å². The first-order valence-electron chi connectivity index (χ1n) is 3.58. The summed E-state index contributed by atoms with van der Waals surface area (Å²) in [5.41, 5.74) is 0.208. The topological polar surface area (TPSA) is 69.5 Å². The third-order valence-corrected chi connectivity index (χ3v) is 4.47. The zero-order valence-corrected chi connectivity index (χ0v) is 9.05. The summed E-state index contributed by atoms with van der Waals surface area (Å²) in [5.74, 6) is -0.474. The fraction of sp³-hybridized carbons (Fsp3) is 0.333. The molecule has 0 radical (unpaired) electrons. The molecule has 0 amide bonds. The van der Waals surface area contributed by atoms with Gasteiger partial charge in [0.2, 0.25) is 0 Å². The Bertz CT molecular complexity index is 347. The zero-order chi connectivity index (χ0) is 9.26. The zero-order valence-electron chi connectivity index (χ0n) is 6.72. The Kier molecular flexibility index (Phi) is 2.29. The third-order valence-electron chi connectivity index (χ3n) is 1.36. The van der Waals surface area contributed by atoms with Crippen molar-refractivity contribution in [2.24, 2.45) is 10.3 Å². The van der Waals surface area contributed by atoms with Crippen LogP contribution in [0.4, 0.5) is 0 Å². The van der Waals surface area contributed by atoms with Gasteiger partial charge in [-0.1, -0.05) is 0 Å². The molecule has 2 aliphatic rings. The molecule has 0 aromatic rings. The summed E-state index contributed by atoms with van der Waals surface area (Å²) in [6.45, 7) is 2.05. The molecule has 70 valence electrons. The number of ether oxygens (including phenoxy) is 1. The van der Waals surface area contributed by atoms with Gasteiger partial charge in [0.25, 0.3) is 0 Å². The number of nitrogens with zero attached hydrogens (tertiary/aromatic N) is 2. The minimum atomic E-state index is -2.29. The van der Waals surface area contributed by atoms with Crippen molar-refractivity contribution in [2.75, 3.05) is 6.61 Å². The first-order chi connectivity index (χ1) is 6.33. The number of oxime groups is 2. The first kappa shape index (κ1) is 8.66. The molecule has 0 unspecified atom stereocenters. The number of esters is 1. The van der Waals surface area contributed by atoms with E-state index < -0.39 is 25.9 Å². The van der Waals surface area contributed by atoms with E-state index in [1.807, 2.05) is 0 Å². The molecule has 2 heterocycles. The fourth-order valence-corrected chi connectivity index (χ4v) is 3.29. The minimum absolute atomic E-state index is 0.208. The van der Waals surface area contributed by atoms with Crippen molar-refractivity contribution >= 4 is 41.3 Å². The summed E-state index contributed by atoms with van der Waals surface area (Å²) < 4.78 is 15.3. The summed E-state index contributed by atoms with van der Waals surface area (Å²) in [4.78, 5) is 11.2. The van der Waals surface area contributed by atoms with Gasteiger partial charge in [0.05, 0.1) is 0 Å². The average Bonchev–Trinajstić information content (AvgIpc) is 2.62. The second-order valence-corrected chi connectivity index (χ2v) is 5.59. The Morgan fingerprint density at radius 3 is 3.31 bits per heavy atom. The molecule has 0 aromatic carbocycles. The number of carbonyl (C=O) groups is 1. The summed E-state index contributed by atoms with van der Waals surface area (Å²) in [5, 5.41) is 7.16. The van der Waals surface area contributed by atoms with Crippen LogP contribution in [-0.4, -0.2) is 48.0 Å². The maximum atomic E-state index is 11.2. The Hall–Kier alpha value is -0.930. The van der Waals surface area contributed by atoms with Gasteiger partial charge in [-0.05, 0) is 0 Å². The molecule has 0 saturated carbocycles. The fourth-order valence-electron chi connectivity index (χ4n) is 0.839. The van der Waals surface area contributed by atoms with Crippen LogP contribution in [0.25, 0.3) is 0 Å². The van der Waals surface area contributed by atoms with Crippen LogP contribution < -0.4 is 0 Å². The van der Waals surface area contributed by atoms with Crippen LogP contribution in [0.2, 0.25) is 0 Å². The summed E-state index contributed by atoms with van der Waals surface area (Å²) in [7, 11) is 0. The molecule has 0 aliphatic carbocycles. The van der Waals surface area contributed by atoms with Crippen LogP contribution in [0.5, 0.6) is 0 Å². The van der Waals surface area contributed by atoms with Crippen molar-refractivity contribution in [3.05, 3.63) is 0 Å². The molecule has 0 spiro atoms. The molecule has 2 aliphatic heterocycles. The predicted octanol–water partition coefficient (Wildman–Crippen LogP) is -0.806. The predicted molar refractivity (Wildman–Crippen MR) is 45.5 cm³/mol. The standard InChI is InChI=1S/C6H6N2O4Te/c1-2-10-6(9)5-4-3-7-11-13(4)12-8-5/h3H,2H2,1H3. The van der Waals surface area contributed by atoms with Crippen molar-refractivity contribution in [1.82, 2.24) is 0 Å². The summed E-state index contributed by atoms with van der Waals surface area (Å²) in [6.07, 6.45) is 1.47. The van der Waals surface area contributed by atoms with Crippen molar-refractivity contribution < 1.29 is 15.9 Å². The van der Waals surface area contributed by atoms with Gasteiger partial charge in [0, 0.05) is 0 Å². The van der Waals surface area contributed by atoms with E-state index in [1.165, 1.54) is 6.21 Å². The molecule has 0 N–H and O–H groups in total. The average molecular weight is 298 g/mol. The van der Waals surface area contributed by atoms with E-state index in [4.69, 9.17) is 11.1 Å². The normalized spacial score (nSPS) is 19.2. The van der Waals surface area contributed by atoms with Crippen molar-refractivity contribution in [1.29, 1.82) is 0 Å². The van der Waals surface area contributed by atoms with E-state index in [9.17, 15) is 4.79 Å². The molecule has 0 saturated heterocycles. The van der Waals surface area contributed by atoms with Gasteiger partial charge in [-0.15, -0.1) is 0 Å². The van der Waals surface area contributed by atoms with Gasteiger partial charge >= 0.3 is 81.1 Å². The van der Waals surface area contributed by atoms with Crippen molar-refractivity contribution in [3.8, 4) is 0 Å². The number of hydrogen-bond donors (Lipinski definition) is 0. The molecule has 0 fully saturated rings. The second kappa shape index (κ2) is 3.44. The van der Waals surface area contributed by atoms with Crippen LogP contribution >= 0.6 is 0 Å². The third kappa shape index (κ3) is 1.45. The van der Waals surface area contributed by atoms with E-state index in [1.54, 1.807) is 6.92 Å². The molecule has 0 bridgehead atoms. The van der Waals surface area contributed by atoms with E-state index >= 15 is 0 Å².